The smallest absolute Gasteiger partial charge is 0.262 e. The van der Waals surface area contributed by atoms with E-state index in [0.717, 1.165) is 0 Å². The highest BCUT2D eigenvalue weighted by atomic mass is 16.5. The topological polar surface area (TPSA) is 109 Å². The number of carbonyl (C=O) groups excluding carboxylic acids is 2. The molecule has 2 amide bonds. The zero-order valence-electron chi connectivity index (χ0n) is 18.7. The van der Waals surface area contributed by atoms with Gasteiger partial charge in [-0.1, -0.05) is 19.9 Å². The van der Waals surface area contributed by atoms with Gasteiger partial charge in [0.1, 0.15) is 11.8 Å². The number of phenols is 1. The molecule has 0 aromatic heterocycles. The van der Waals surface area contributed by atoms with Gasteiger partial charge < -0.3 is 19.9 Å². The summed E-state index contributed by atoms with van der Waals surface area (Å²) < 4.78 is 10.3. The lowest BCUT2D eigenvalue weighted by molar-refractivity contribution is -0.123. The van der Waals surface area contributed by atoms with E-state index in [2.05, 4.69) is 22.4 Å². The van der Waals surface area contributed by atoms with E-state index >= 15 is 0 Å². The highest BCUT2D eigenvalue weighted by molar-refractivity contribution is 5.97. The van der Waals surface area contributed by atoms with Crippen LogP contribution in [0.4, 0.5) is 0 Å². The van der Waals surface area contributed by atoms with E-state index in [1.165, 1.54) is 13.3 Å². The van der Waals surface area contributed by atoms with E-state index in [0.29, 0.717) is 34.6 Å². The molecular formula is C24H29N3O5. The standard InChI is InChI=1S/C24H29N3O5/c1-6-7-18-12-16(13-20(32-5)22(18)28)14-25-27-24(30)21(15(2)3)26-23(29)17-8-10-19(31-4)11-9-17/h6,8-15,21,28H,1,7H2,2-5H3,(H,26,29)(H,27,30)/b25-14+. The molecule has 0 spiro atoms. The first-order valence-electron chi connectivity index (χ1n) is 10.1. The molecule has 0 saturated heterocycles. The molecule has 1 unspecified atom stereocenters. The van der Waals surface area contributed by atoms with E-state index in [4.69, 9.17) is 9.47 Å². The normalized spacial score (nSPS) is 11.8. The number of ether oxygens (including phenoxy) is 2. The molecular weight excluding hydrogens is 410 g/mol. The molecule has 0 bridgehead atoms. The Kier molecular flexibility index (Phi) is 8.83. The number of benzene rings is 2. The van der Waals surface area contributed by atoms with Gasteiger partial charge in [-0.25, -0.2) is 5.43 Å². The molecule has 8 nitrogen and oxygen atoms in total. The van der Waals surface area contributed by atoms with Gasteiger partial charge >= 0.3 is 0 Å². The second-order valence-corrected chi connectivity index (χ2v) is 7.38. The molecule has 2 rings (SSSR count). The van der Waals surface area contributed by atoms with Gasteiger partial charge in [-0.05, 0) is 54.3 Å². The Labute approximate surface area is 187 Å². The first-order valence-corrected chi connectivity index (χ1v) is 10.1. The lowest BCUT2D eigenvalue weighted by Crippen LogP contribution is -2.48. The van der Waals surface area contributed by atoms with Crippen LogP contribution in [0.3, 0.4) is 0 Å². The van der Waals surface area contributed by atoms with E-state index in [1.807, 2.05) is 13.8 Å². The highest BCUT2D eigenvalue weighted by Crippen LogP contribution is 2.31. The largest absolute Gasteiger partial charge is 0.504 e. The minimum absolute atomic E-state index is 0.0368. The number of aromatic hydroxyl groups is 1. The number of hydrogen-bond acceptors (Lipinski definition) is 6. The predicted molar refractivity (Wildman–Crippen MR) is 123 cm³/mol. The summed E-state index contributed by atoms with van der Waals surface area (Å²) in [5.41, 5.74) is 4.13. The number of carbonyl (C=O) groups is 2. The maximum Gasteiger partial charge on any atom is 0.262 e. The summed E-state index contributed by atoms with van der Waals surface area (Å²) in [6.45, 7) is 7.33. The number of hydrogen-bond donors (Lipinski definition) is 3. The van der Waals surface area contributed by atoms with Crippen LogP contribution in [0.2, 0.25) is 0 Å². The number of nitrogens with one attached hydrogen (secondary N) is 2. The van der Waals surface area contributed by atoms with E-state index < -0.39 is 11.9 Å². The van der Waals surface area contributed by atoms with Crippen molar-refractivity contribution in [3.63, 3.8) is 0 Å². The van der Waals surface area contributed by atoms with Crippen LogP contribution in [0, 0.1) is 5.92 Å². The summed E-state index contributed by atoms with van der Waals surface area (Å²) in [6.07, 6.45) is 3.55. The summed E-state index contributed by atoms with van der Waals surface area (Å²) >= 11 is 0. The molecule has 0 aliphatic rings. The molecule has 2 aromatic carbocycles. The molecule has 0 heterocycles. The zero-order valence-corrected chi connectivity index (χ0v) is 18.7. The van der Waals surface area contributed by atoms with Gasteiger partial charge in [0.15, 0.2) is 11.5 Å². The monoisotopic (exact) mass is 439 g/mol. The fourth-order valence-electron chi connectivity index (χ4n) is 2.97. The molecule has 0 fully saturated rings. The van der Waals surface area contributed by atoms with Crippen molar-refractivity contribution in [2.45, 2.75) is 26.3 Å². The average Bonchev–Trinajstić information content (AvgIpc) is 2.79. The van der Waals surface area contributed by atoms with Crippen molar-refractivity contribution in [2.75, 3.05) is 14.2 Å². The molecule has 0 radical (unpaired) electrons. The van der Waals surface area contributed by atoms with Crippen LogP contribution >= 0.6 is 0 Å². The first kappa shape index (κ1) is 24.5. The SMILES string of the molecule is C=CCc1cc(/C=N/NC(=O)C(NC(=O)c2ccc(OC)cc2)C(C)C)cc(OC)c1O. The Balaban J connectivity index is 2.09. The van der Waals surface area contributed by atoms with E-state index in [-0.39, 0.29) is 17.6 Å². The van der Waals surface area contributed by atoms with Crippen molar-refractivity contribution in [1.82, 2.24) is 10.7 Å². The Morgan fingerprint density at radius 3 is 2.41 bits per heavy atom. The van der Waals surface area contributed by atoms with Gasteiger partial charge in [0, 0.05) is 11.1 Å². The highest BCUT2D eigenvalue weighted by Gasteiger charge is 2.24. The second-order valence-electron chi connectivity index (χ2n) is 7.38. The quantitative estimate of drug-likeness (QED) is 0.300. The fraction of sp³-hybridized carbons (Fsp3) is 0.292. The van der Waals surface area contributed by atoms with Gasteiger partial charge in [-0.15, -0.1) is 6.58 Å². The number of phenolic OH excluding ortho intramolecular Hbond substituents is 1. The molecule has 170 valence electrons. The molecule has 0 aliphatic carbocycles. The number of hydrazone groups is 1. The fourth-order valence-corrected chi connectivity index (χ4v) is 2.97. The molecule has 3 N–H and O–H groups in total. The summed E-state index contributed by atoms with van der Waals surface area (Å²) in [4.78, 5) is 25.2. The maximum absolute atomic E-state index is 12.7. The summed E-state index contributed by atoms with van der Waals surface area (Å²) in [5, 5.41) is 16.9. The predicted octanol–water partition coefficient (Wildman–Crippen LogP) is 3.04. The summed E-state index contributed by atoms with van der Waals surface area (Å²) in [7, 11) is 3.00. The van der Waals surface area contributed by atoms with Gasteiger partial charge in [0.2, 0.25) is 0 Å². The van der Waals surface area contributed by atoms with Gasteiger partial charge in [0.05, 0.1) is 20.4 Å². The second kappa shape index (κ2) is 11.5. The van der Waals surface area contributed by atoms with Gasteiger partial charge in [0.25, 0.3) is 11.8 Å². The minimum Gasteiger partial charge on any atom is -0.504 e. The van der Waals surface area contributed by atoms with Crippen LogP contribution in [-0.2, 0) is 11.2 Å². The molecule has 0 aliphatic heterocycles. The number of amides is 2. The average molecular weight is 440 g/mol. The Hall–Kier alpha value is -3.81. The van der Waals surface area contributed by atoms with Crippen molar-refractivity contribution in [3.8, 4) is 17.2 Å². The van der Waals surface area contributed by atoms with Crippen LogP contribution in [0.5, 0.6) is 17.2 Å². The number of allylic oxidation sites excluding steroid dienone is 1. The van der Waals surface area contributed by atoms with Crippen molar-refractivity contribution >= 4 is 18.0 Å². The Morgan fingerprint density at radius 1 is 1.16 bits per heavy atom. The maximum atomic E-state index is 12.7. The van der Waals surface area contributed by atoms with Crippen molar-refractivity contribution in [3.05, 3.63) is 65.7 Å². The van der Waals surface area contributed by atoms with E-state index in [9.17, 15) is 14.7 Å². The van der Waals surface area contributed by atoms with Gasteiger partial charge in [-0.3, -0.25) is 9.59 Å². The number of nitrogens with zero attached hydrogens (tertiary/aromatic N) is 1. The number of methoxy groups -OCH3 is 2. The third-order valence-corrected chi connectivity index (χ3v) is 4.74. The molecule has 32 heavy (non-hydrogen) atoms. The van der Waals surface area contributed by atoms with Gasteiger partial charge in [-0.2, -0.15) is 5.10 Å². The lowest BCUT2D eigenvalue weighted by Gasteiger charge is -2.20. The minimum atomic E-state index is -0.785. The summed E-state index contributed by atoms with van der Waals surface area (Å²) in [6, 6.07) is 9.14. The van der Waals surface area contributed by atoms with Crippen LogP contribution < -0.4 is 20.2 Å². The molecule has 8 heteroatoms. The zero-order chi connectivity index (χ0) is 23.7. The van der Waals surface area contributed by atoms with Crippen LogP contribution in [0.15, 0.2) is 54.2 Å². The van der Waals surface area contributed by atoms with E-state index in [1.54, 1.807) is 49.6 Å². The number of rotatable bonds is 10. The van der Waals surface area contributed by atoms with Crippen molar-refractivity contribution in [1.29, 1.82) is 0 Å². The first-order chi connectivity index (χ1) is 15.3. The van der Waals surface area contributed by atoms with Crippen molar-refractivity contribution in [2.24, 2.45) is 11.0 Å². The Bertz CT molecular complexity index is 984. The van der Waals surface area contributed by atoms with Crippen LogP contribution in [-0.4, -0.2) is 43.4 Å². The molecule has 2 aromatic rings. The third-order valence-electron chi connectivity index (χ3n) is 4.74. The Morgan fingerprint density at radius 2 is 1.84 bits per heavy atom. The van der Waals surface area contributed by atoms with Crippen molar-refractivity contribution < 1.29 is 24.2 Å². The summed E-state index contributed by atoms with van der Waals surface area (Å²) in [5.74, 6) is -0.0202. The molecule has 1 atom stereocenters. The van der Waals surface area contributed by atoms with Crippen LogP contribution in [0.1, 0.15) is 35.3 Å². The lowest BCUT2D eigenvalue weighted by atomic mass is 10.0. The van der Waals surface area contributed by atoms with Crippen LogP contribution in [0.25, 0.3) is 0 Å². The third kappa shape index (κ3) is 6.34. The molecule has 0 saturated carbocycles.